The first-order chi connectivity index (χ1) is 13.7. The molecule has 0 saturated heterocycles. The van der Waals surface area contributed by atoms with Crippen molar-refractivity contribution in [2.24, 2.45) is 0 Å². The predicted octanol–water partition coefficient (Wildman–Crippen LogP) is 3.74. The van der Waals surface area contributed by atoms with Crippen molar-refractivity contribution in [1.29, 1.82) is 0 Å². The molecule has 8 nitrogen and oxygen atoms in total. The molecular weight excluding hydrogens is 374 g/mol. The lowest BCUT2D eigenvalue weighted by molar-refractivity contribution is 0.0507. The van der Waals surface area contributed by atoms with Crippen LogP contribution in [0.3, 0.4) is 0 Å². The van der Waals surface area contributed by atoms with E-state index in [-0.39, 0.29) is 17.4 Å². The third-order valence-corrected chi connectivity index (χ3v) is 4.47. The number of benzene rings is 2. The van der Waals surface area contributed by atoms with Gasteiger partial charge in [-0.1, -0.05) is 0 Å². The monoisotopic (exact) mass is 397 g/mol. The summed E-state index contributed by atoms with van der Waals surface area (Å²) in [5.74, 6) is 0.312. The van der Waals surface area contributed by atoms with Crippen molar-refractivity contribution in [1.82, 2.24) is 4.90 Å². The number of hydrogen-bond acceptors (Lipinski definition) is 5. The van der Waals surface area contributed by atoms with Gasteiger partial charge in [0.1, 0.15) is 11.5 Å². The highest BCUT2D eigenvalue weighted by molar-refractivity contribution is 6.22. The van der Waals surface area contributed by atoms with Crippen LogP contribution in [0.25, 0.3) is 0 Å². The normalized spacial score (nSPS) is 13.2. The van der Waals surface area contributed by atoms with Gasteiger partial charge in [0.05, 0.1) is 31.0 Å². The molecule has 2 aromatic carbocycles. The van der Waals surface area contributed by atoms with E-state index in [9.17, 15) is 14.4 Å². The van der Waals surface area contributed by atoms with E-state index in [0.29, 0.717) is 28.4 Å². The van der Waals surface area contributed by atoms with Crippen LogP contribution in [0, 0.1) is 0 Å². The van der Waals surface area contributed by atoms with Crippen molar-refractivity contribution in [2.75, 3.05) is 24.9 Å². The SMILES string of the molecule is COc1ccc(OC)c(NC(=O)Nc2ccc3c(c2)C(=O)N(C(C)(C)C)C3=O)c1. The first kappa shape index (κ1) is 20.2. The van der Waals surface area contributed by atoms with Gasteiger partial charge in [0, 0.05) is 17.3 Å². The second kappa shape index (κ2) is 7.46. The molecule has 0 aliphatic carbocycles. The largest absolute Gasteiger partial charge is 0.497 e. The van der Waals surface area contributed by atoms with Gasteiger partial charge in [-0.05, 0) is 51.1 Å². The molecule has 29 heavy (non-hydrogen) atoms. The average Bonchev–Trinajstić information content (AvgIpc) is 2.91. The first-order valence-corrected chi connectivity index (χ1v) is 8.98. The van der Waals surface area contributed by atoms with Crippen molar-refractivity contribution < 1.29 is 23.9 Å². The summed E-state index contributed by atoms with van der Waals surface area (Å²) in [6.45, 7) is 5.38. The summed E-state index contributed by atoms with van der Waals surface area (Å²) < 4.78 is 10.4. The number of hydrogen-bond donors (Lipinski definition) is 2. The molecular formula is C21H23N3O5. The number of ether oxygens (including phenoxy) is 2. The highest BCUT2D eigenvalue weighted by Crippen LogP contribution is 2.32. The lowest BCUT2D eigenvalue weighted by Gasteiger charge is -2.29. The summed E-state index contributed by atoms with van der Waals surface area (Å²) in [7, 11) is 3.02. The summed E-state index contributed by atoms with van der Waals surface area (Å²) in [5, 5.41) is 5.36. The fourth-order valence-electron chi connectivity index (χ4n) is 3.12. The zero-order valence-corrected chi connectivity index (χ0v) is 17.0. The van der Waals surface area contributed by atoms with E-state index in [2.05, 4.69) is 10.6 Å². The Balaban J connectivity index is 1.80. The minimum absolute atomic E-state index is 0.265. The number of nitrogens with zero attached hydrogens (tertiary/aromatic N) is 1. The molecule has 0 aromatic heterocycles. The van der Waals surface area contributed by atoms with Crippen LogP contribution in [0.15, 0.2) is 36.4 Å². The predicted molar refractivity (Wildman–Crippen MR) is 109 cm³/mol. The molecule has 1 aliphatic heterocycles. The third-order valence-electron chi connectivity index (χ3n) is 4.47. The molecule has 152 valence electrons. The molecule has 0 saturated carbocycles. The molecule has 0 spiro atoms. The van der Waals surface area contributed by atoms with E-state index >= 15 is 0 Å². The van der Waals surface area contributed by atoms with Crippen molar-refractivity contribution in [3.8, 4) is 11.5 Å². The van der Waals surface area contributed by atoms with Gasteiger partial charge in [0.2, 0.25) is 0 Å². The number of carbonyl (C=O) groups is 3. The summed E-state index contributed by atoms with van der Waals surface area (Å²) in [4.78, 5) is 38.9. The second-order valence-electron chi connectivity index (χ2n) is 7.52. The molecule has 0 bridgehead atoms. The maximum absolute atomic E-state index is 12.7. The van der Waals surface area contributed by atoms with E-state index in [4.69, 9.17) is 9.47 Å². The number of rotatable bonds is 4. The van der Waals surface area contributed by atoms with Gasteiger partial charge in [-0.25, -0.2) is 4.79 Å². The molecule has 3 rings (SSSR count). The van der Waals surface area contributed by atoms with Gasteiger partial charge in [0.15, 0.2) is 0 Å². The summed E-state index contributed by atoms with van der Waals surface area (Å²) >= 11 is 0. The number of amides is 4. The molecule has 4 amide bonds. The van der Waals surface area contributed by atoms with Crippen LogP contribution in [0.4, 0.5) is 16.2 Å². The van der Waals surface area contributed by atoms with Gasteiger partial charge >= 0.3 is 6.03 Å². The highest BCUT2D eigenvalue weighted by atomic mass is 16.5. The van der Waals surface area contributed by atoms with Crippen LogP contribution < -0.4 is 20.1 Å². The van der Waals surface area contributed by atoms with Crippen LogP contribution >= 0.6 is 0 Å². The Labute approximate surface area is 168 Å². The Morgan fingerprint density at radius 1 is 0.897 bits per heavy atom. The number of imide groups is 1. The lowest BCUT2D eigenvalue weighted by atomic mass is 10.1. The van der Waals surface area contributed by atoms with Crippen LogP contribution in [0.5, 0.6) is 11.5 Å². The molecule has 0 radical (unpaired) electrons. The Kier molecular flexibility index (Phi) is 5.19. The van der Waals surface area contributed by atoms with Gasteiger partial charge < -0.3 is 20.1 Å². The Hall–Kier alpha value is -3.55. The van der Waals surface area contributed by atoms with Crippen molar-refractivity contribution in [3.63, 3.8) is 0 Å². The maximum atomic E-state index is 12.7. The standard InChI is InChI=1S/C21H23N3O5/c1-21(2,3)24-18(25)14-8-6-12(10-15(14)19(24)26)22-20(27)23-16-11-13(28-4)7-9-17(16)29-5/h6-11H,1-5H3,(H2,22,23,27). The van der Waals surface area contributed by atoms with Crippen LogP contribution in [-0.2, 0) is 0 Å². The quantitative estimate of drug-likeness (QED) is 0.766. The number of urea groups is 1. The van der Waals surface area contributed by atoms with Crippen molar-refractivity contribution >= 4 is 29.2 Å². The van der Waals surface area contributed by atoms with Crippen LogP contribution in [-0.4, -0.2) is 42.5 Å². The van der Waals surface area contributed by atoms with Crippen molar-refractivity contribution in [2.45, 2.75) is 26.3 Å². The van der Waals surface area contributed by atoms with Crippen LogP contribution in [0.2, 0.25) is 0 Å². The minimum Gasteiger partial charge on any atom is -0.497 e. The summed E-state index contributed by atoms with van der Waals surface area (Å²) in [5.41, 5.74) is 0.767. The molecule has 0 fully saturated rings. The van der Waals surface area contributed by atoms with Gasteiger partial charge in [-0.2, -0.15) is 0 Å². The fraction of sp³-hybridized carbons (Fsp3) is 0.286. The minimum atomic E-state index is -0.638. The van der Waals surface area contributed by atoms with E-state index in [1.807, 2.05) is 0 Å². The Morgan fingerprint density at radius 2 is 1.59 bits per heavy atom. The Bertz CT molecular complexity index is 994. The highest BCUT2D eigenvalue weighted by Gasteiger charge is 2.41. The van der Waals surface area contributed by atoms with Crippen molar-refractivity contribution in [3.05, 3.63) is 47.5 Å². The zero-order chi connectivity index (χ0) is 21.3. The van der Waals surface area contributed by atoms with E-state index < -0.39 is 11.6 Å². The molecule has 2 aromatic rings. The van der Waals surface area contributed by atoms with Gasteiger partial charge in [-0.3, -0.25) is 14.5 Å². The maximum Gasteiger partial charge on any atom is 0.323 e. The molecule has 8 heteroatoms. The molecule has 1 heterocycles. The molecule has 2 N–H and O–H groups in total. The van der Waals surface area contributed by atoms with E-state index in [1.54, 1.807) is 51.1 Å². The fourth-order valence-corrected chi connectivity index (χ4v) is 3.12. The van der Waals surface area contributed by atoms with E-state index in [1.165, 1.54) is 25.2 Å². The topological polar surface area (TPSA) is 97.0 Å². The van der Waals surface area contributed by atoms with Gasteiger partial charge in [0.25, 0.3) is 11.8 Å². The molecule has 0 unspecified atom stereocenters. The number of carbonyl (C=O) groups excluding carboxylic acids is 3. The first-order valence-electron chi connectivity index (χ1n) is 8.98. The second-order valence-corrected chi connectivity index (χ2v) is 7.52. The number of fused-ring (bicyclic) bond motifs is 1. The van der Waals surface area contributed by atoms with Crippen LogP contribution in [0.1, 0.15) is 41.5 Å². The van der Waals surface area contributed by atoms with E-state index in [0.717, 1.165) is 0 Å². The number of methoxy groups -OCH3 is 2. The number of nitrogens with one attached hydrogen (secondary N) is 2. The lowest BCUT2D eigenvalue weighted by Crippen LogP contribution is -2.45. The summed E-state index contributed by atoms with van der Waals surface area (Å²) in [6.07, 6.45) is 0. The van der Waals surface area contributed by atoms with Gasteiger partial charge in [-0.15, -0.1) is 0 Å². The average molecular weight is 397 g/mol. The Morgan fingerprint density at radius 3 is 2.21 bits per heavy atom. The zero-order valence-electron chi connectivity index (χ0n) is 17.0. The molecule has 0 atom stereocenters. The third kappa shape index (κ3) is 3.87. The molecule has 1 aliphatic rings. The smallest absolute Gasteiger partial charge is 0.323 e. The number of anilines is 2. The summed E-state index contributed by atoms with van der Waals surface area (Å²) in [6, 6.07) is 9.12.